The molecule has 4 nitrogen and oxygen atoms in total. The molecule has 1 N–H and O–H groups in total. The van der Waals surface area contributed by atoms with E-state index in [-0.39, 0.29) is 12.4 Å². The lowest BCUT2D eigenvalue weighted by Crippen LogP contribution is -2.52. The summed E-state index contributed by atoms with van der Waals surface area (Å²) in [6, 6.07) is 6.89. The Bertz CT molecular complexity index is 423. The lowest BCUT2D eigenvalue weighted by molar-refractivity contribution is -0.138. The van der Waals surface area contributed by atoms with Crippen LogP contribution in [-0.4, -0.2) is 24.9 Å². The molecule has 0 spiro atoms. The molecule has 1 saturated heterocycles. The number of piperazine rings is 1. The second kappa shape index (κ2) is 5.18. The number of carbonyl (C=O) groups is 2. The van der Waals surface area contributed by atoms with Gasteiger partial charge in [-0.1, -0.05) is 17.7 Å². The number of nitrogens with one attached hydrogen (secondary N) is 1. The Morgan fingerprint density at radius 1 is 1.31 bits per heavy atom. The van der Waals surface area contributed by atoms with E-state index in [1.165, 1.54) is 4.90 Å². The molecule has 0 atom stereocenters. The van der Waals surface area contributed by atoms with Crippen LogP contribution in [0.5, 0.6) is 0 Å². The van der Waals surface area contributed by atoms with E-state index in [4.69, 9.17) is 11.6 Å². The highest BCUT2D eigenvalue weighted by atomic mass is 35.5. The van der Waals surface area contributed by atoms with Crippen LogP contribution in [0.1, 0.15) is 0 Å². The number of hydrogen-bond acceptors (Lipinski definition) is 2. The van der Waals surface area contributed by atoms with Crippen molar-refractivity contribution in [3.63, 3.8) is 0 Å². The molecule has 1 aromatic carbocycles. The van der Waals surface area contributed by atoms with E-state index in [0.717, 1.165) is 0 Å². The lowest BCUT2D eigenvalue weighted by Gasteiger charge is -2.26. The quantitative estimate of drug-likeness (QED) is 0.773. The maximum atomic E-state index is 11.5. The van der Waals surface area contributed by atoms with Crippen molar-refractivity contribution in [1.82, 2.24) is 5.32 Å². The normalized spacial score (nSPS) is 15.4. The molecular weight excluding hydrogens is 251 g/mol. The Hall–Kier alpha value is -1.26. The zero-order valence-electron chi connectivity index (χ0n) is 8.27. The van der Waals surface area contributed by atoms with E-state index < -0.39 is 11.8 Å². The molecule has 2 amide bonds. The summed E-state index contributed by atoms with van der Waals surface area (Å²) in [4.78, 5) is 24.1. The molecule has 6 heteroatoms. The van der Waals surface area contributed by atoms with Crippen molar-refractivity contribution in [3.05, 3.63) is 29.3 Å². The Kier molecular flexibility index (Phi) is 4.15. The van der Waals surface area contributed by atoms with Gasteiger partial charge in [0, 0.05) is 23.8 Å². The molecule has 1 fully saturated rings. The highest BCUT2D eigenvalue weighted by Crippen LogP contribution is 2.20. The number of carbonyl (C=O) groups excluding carboxylic acids is 2. The van der Waals surface area contributed by atoms with Crippen LogP contribution < -0.4 is 10.2 Å². The van der Waals surface area contributed by atoms with Gasteiger partial charge in [0.1, 0.15) is 0 Å². The molecule has 0 radical (unpaired) electrons. The fourth-order valence-corrected chi connectivity index (χ4v) is 1.66. The van der Waals surface area contributed by atoms with Gasteiger partial charge in [0.05, 0.1) is 0 Å². The van der Waals surface area contributed by atoms with E-state index in [0.29, 0.717) is 23.8 Å². The van der Waals surface area contributed by atoms with Crippen LogP contribution in [0.4, 0.5) is 5.69 Å². The summed E-state index contributed by atoms with van der Waals surface area (Å²) < 4.78 is 0. The minimum Gasteiger partial charge on any atom is -0.346 e. The van der Waals surface area contributed by atoms with E-state index in [1.807, 2.05) is 0 Å². The summed E-state index contributed by atoms with van der Waals surface area (Å²) >= 11 is 5.81. The predicted molar refractivity (Wildman–Crippen MR) is 64.1 cm³/mol. The summed E-state index contributed by atoms with van der Waals surface area (Å²) in [5.74, 6) is -1.11. The van der Waals surface area contributed by atoms with Crippen molar-refractivity contribution in [3.8, 4) is 0 Å². The molecule has 86 valence electrons. The second-order valence-electron chi connectivity index (χ2n) is 3.19. The largest absolute Gasteiger partial charge is 0.346 e. The van der Waals surface area contributed by atoms with Crippen LogP contribution in [0, 0.1) is 0 Å². The van der Waals surface area contributed by atoms with Crippen LogP contribution in [0.15, 0.2) is 24.3 Å². The minimum atomic E-state index is -0.568. The van der Waals surface area contributed by atoms with Crippen LogP contribution in [0.2, 0.25) is 5.02 Å². The summed E-state index contributed by atoms with van der Waals surface area (Å²) in [6.07, 6.45) is 0. The Balaban J connectivity index is 0.00000128. The summed E-state index contributed by atoms with van der Waals surface area (Å²) in [6.45, 7) is 0.946. The average molecular weight is 261 g/mol. The molecule has 1 aliphatic heterocycles. The number of nitrogens with zero attached hydrogens (tertiary/aromatic N) is 1. The third kappa shape index (κ3) is 2.46. The maximum Gasteiger partial charge on any atom is 0.316 e. The van der Waals surface area contributed by atoms with Crippen molar-refractivity contribution < 1.29 is 9.59 Å². The highest BCUT2D eigenvalue weighted by molar-refractivity contribution is 6.41. The third-order valence-electron chi connectivity index (χ3n) is 2.18. The van der Waals surface area contributed by atoms with Gasteiger partial charge in [0.15, 0.2) is 0 Å². The molecule has 0 saturated carbocycles. The van der Waals surface area contributed by atoms with Crippen LogP contribution in [0.25, 0.3) is 0 Å². The van der Waals surface area contributed by atoms with Gasteiger partial charge in [-0.3, -0.25) is 9.59 Å². The van der Waals surface area contributed by atoms with Crippen molar-refractivity contribution >= 4 is 41.5 Å². The molecule has 0 bridgehead atoms. The van der Waals surface area contributed by atoms with Crippen molar-refractivity contribution in [2.24, 2.45) is 0 Å². The number of anilines is 1. The summed E-state index contributed by atoms with van der Waals surface area (Å²) in [5.41, 5.74) is 0.655. The number of halogens is 2. The second-order valence-corrected chi connectivity index (χ2v) is 3.63. The molecule has 16 heavy (non-hydrogen) atoms. The first-order chi connectivity index (χ1) is 7.18. The zero-order valence-corrected chi connectivity index (χ0v) is 9.85. The van der Waals surface area contributed by atoms with Crippen LogP contribution >= 0.6 is 24.0 Å². The lowest BCUT2D eigenvalue weighted by atomic mass is 10.2. The van der Waals surface area contributed by atoms with Crippen LogP contribution in [0.3, 0.4) is 0 Å². The third-order valence-corrected chi connectivity index (χ3v) is 2.42. The van der Waals surface area contributed by atoms with Gasteiger partial charge in [-0.05, 0) is 18.2 Å². The van der Waals surface area contributed by atoms with E-state index in [9.17, 15) is 9.59 Å². The predicted octanol–water partition coefficient (Wildman–Crippen LogP) is 1.22. The number of rotatable bonds is 1. The Labute approximate surface area is 104 Å². The fraction of sp³-hybridized carbons (Fsp3) is 0.200. The maximum absolute atomic E-state index is 11.5. The standard InChI is InChI=1S/C10H9ClN2O2.ClH/c11-7-2-1-3-8(6-7)13-5-4-12-9(14)10(13)15;/h1-3,6H,4-5H2,(H,12,14);1H. The zero-order chi connectivity index (χ0) is 10.8. The van der Waals surface area contributed by atoms with Crippen LogP contribution in [-0.2, 0) is 9.59 Å². The first-order valence-corrected chi connectivity index (χ1v) is 4.91. The highest BCUT2D eigenvalue weighted by Gasteiger charge is 2.26. The SMILES string of the molecule is Cl.O=C1NCCN(c2cccc(Cl)c2)C1=O. The molecule has 0 unspecified atom stereocenters. The van der Waals surface area contributed by atoms with Gasteiger partial charge in [0.25, 0.3) is 0 Å². The first-order valence-electron chi connectivity index (χ1n) is 4.54. The molecule has 2 rings (SSSR count). The number of amides is 2. The average Bonchev–Trinajstić information content (AvgIpc) is 2.22. The molecule has 0 aliphatic carbocycles. The molecule has 0 aromatic heterocycles. The van der Waals surface area contributed by atoms with E-state index in [2.05, 4.69) is 5.32 Å². The van der Waals surface area contributed by atoms with Gasteiger partial charge in [0.2, 0.25) is 0 Å². The number of hydrogen-bond donors (Lipinski definition) is 1. The Morgan fingerprint density at radius 3 is 2.75 bits per heavy atom. The number of benzene rings is 1. The Morgan fingerprint density at radius 2 is 2.06 bits per heavy atom. The van der Waals surface area contributed by atoms with Gasteiger partial charge < -0.3 is 10.2 Å². The van der Waals surface area contributed by atoms with Gasteiger partial charge in [-0.15, -0.1) is 12.4 Å². The molecular formula is C10H10Cl2N2O2. The topological polar surface area (TPSA) is 49.4 Å². The monoisotopic (exact) mass is 260 g/mol. The molecule has 1 heterocycles. The van der Waals surface area contributed by atoms with Crippen molar-refractivity contribution in [2.75, 3.05) is 18.0 Å². The smallest absolute Gasteiger partial charge is 0.316 e. The van der Waals surface area contributed by atoms with Gasteiger partial charge in [-0.25, -0.2) is 0 Å². The fourth-order valence-electron chi connectivity index (χ4n) is 1.47. The van der Waals surface area contributed by atoms with E-state index in [1.54, 1.807) is 24.3 Å². The first kappa shape index (κ1) is 12.8. The van der Waals surface area contributed by atoms with Gasteiger partial charge >= 0.3 is 11.8 Å². The van der Waals surface area contributed by atoms with E-state index >= 15 is 0 Å². The molecule has 1 aliphatic rings. The minimum absolute atomic E-state index is 0. The van der Waals surface area contributed by atoms with Gasteiger partial charge in [-0.2, -0.15) is 0 Å². The summed E-state index contributed by atoms with van der Waals surface area (Å²) in [5, 5.41) is 3.03. The molecule has 1 aromatic rings. The van der Waals surface area contributed by atoms with Crippen molar-refractivity contribution in [2.45, 2.75) is 0 Å². The summed E-state index contributed by atoms with van der Waals surface area (Å²) in [7, 11) is 0. The van der Waals surface area contributed by atoms with Crippen molar-refractivity contribution in [1.29, 1.82) is 0 Å².